The Hall–Kier alpha value is -2.49. The van der Waals surface area contributed by atoms with Crippen LogP contribution in [0.3, 0.4) is 0 Å². The van der Waals surface area contributed by atoms with Crippen LogP contribution >= 0.6 is 11.3 Å². The number of aromatic nitrogens is 2. The van der Waals surface area contributed by atoms with Crippen LogP contribution < -0.4 is 0 Å². The zero-order valence-electron chi connectivity index (χ0n) is 14.7. The van der Waals surface area contributed by atoms with Crippen molar-refractivity contribution in [2.45, 2.75) is 30.9 Å². The van der Waals surface area contributed by atoms with E-state index in [1.165, 1.54) is 0 Å². The number of thiophene rings is 1. The van der Waals surface area contributed by atoms with Gasteiger partial charge in [0.1, 0.15) is 5.69 Å². The molecular formula is C20H20N2O2S2. The molecule has 0 aliphatic rings. The van der Waals surface area contributed by atoms with Crippen molar-refractivity contribution in [1.29, 1.82) is 0 Å². The first-order valence-corrected chi connectivity index (χ1v) is 10.5. The fourth-order valence-electron chi connectivity index (χ4n) is 2.26. The van der Waals surface area contributed by atoms with E-state index in [-0.39, 0.29) is 1.43 Å². The lowest BCUT2D eigenvalue weighted by Crippen LogP contribution is -2.13. The van der Waals surface area contributed by atoms with Gasteiger partial charge in [-0.15, -0.1) is 11.3 Å². The highest BCUT2D eigenvalue weighted by Crippen LogP contribution is 2.22. The number of rotatable bonds is 3. The molecule has 1 aromatic carbocycles. The standard InChI is InChI=1S/C20H18N2O2S2.H2/c1-14(2)26(23,24)18-9-6-16(7-10-18)20-13-21-15(3)19(22-20)11-8-17-5-4-12-25-17;/h4-7,9-10,12-14H,1-3H3;1H. The third-order valence-corrected chi connectivity index (χ3v) is 6.84. The minimum Gasteiger partial charge on any atom is -0.256 e. The lowest BCUT2D eigenvalue weighted by atomic mass is 10.1. The normalized spacial score (nSPS) is 11.2. The minimum atomic E-state index is -3.28. The zero-order chi connectivity index (χ0) is 18.7. The summed E-state index contributed by atoms with van der Waals surface area (Å²) in [6.07, 6.45) is 1.68. The molecule has 0 aliphatic heterocycles. The Labute approximate surface area is 159 Å². The van der Waals surface area contributed by atoms with Crippen LogP contribution in [0.15, 0.2) is 52.9 Å². The van der Waals surface area contributed by atoms with Crippen molar-refractivity contribution in [2.75, 3.05) is 0 Å². The van der Waals surface area contributed by atoms with E-state index in [0.717, 1.165) is 16.1 Å². The second-order valence-electron chi connectivity index (χ2n) is 6.03. The van der Waals surface area contributed by atoms with E-state index in [1.807, 2.05) is 24.4 Å². The fraction of sp³-hybridized carbons (Fsp3) is 0.200. The highest BCUT2D eigenvalue weighted by Gasteiger charge is 2.19. The molecule has 3 rings (SSSR count). The number of hydrogen-bond donors (Lipinski definition) is 0. The van der Waals surface area contributed by atoms with Crippen LogP contribution in [0.2, 0.25) is 0 Å². The van der Waals surface area contributed by atoms with Crippen molar-refractivity contribution < 1.29 is 9.84 Å². The number of sulfone groups is 1. The zero-order valence-corrected chi connectivity index (χ0v) is 16.4. The predicted molar refractivity (Wildman–Crippen MR) is 107 cm³/mol. The Morgan fingerprint density at radius 1 is 1.12 bits per heavy atom. The molecular weight excluding hydrogens is 364 g/mol. The molecule has 0 fully saturated rings. The number of benzene rings is 1. The van der Waals surface area contributed by atoms with Crippen LogP contribution in [0.1, 0.15) is 31.5 Å². The summed E-state index contributed by atoms with van der Waals surface area (Å²) in [6.45, 7) is 5.22. The van der Waals surface area contributed by atoms with Gasteiger partial charge < -0.3 is 0 Å². The van der Waals surface area contributed by atoms with E-state index < -0.39 is 15.1 Å². The first kappa shape index (κ1) is 18.3. The highest BCUT2D eigenvalue weighted by molar-refractivity contribution is 7.92. The third-order valence-electron chi connectivity index (χ3n) is 3.88. The maximum Gasteiger partial charge on any atom is 0.180 e. The number of hydrogen-bond acceptors (Lipinski definition) is 5. The van der Waals surface area contributed by atoms with Gasteiger partial charge in [-0.05, 0) is 56.2 Å². The topological polar surface area (TPSA) is 59.9 Å². The Morgan fingerprint density at radius 3 is 2.46 bits per heavy atom. The summed E-state index contributed by atoms with van der Waals surface area (Å²) >= 11 is 1.58. The van der Waals surface area contributed by atoms with Crippen molar-refractivity contribution >= 4 is 21.2 Å². The molecule has 0 spiro atoms. The van der Waals surface area contributed by atoms with Gasteiger partial charge in [-0.1, -0.05) is 18.2 Å². The summed E-state index contributed by atoms with van der Waals surface area (Å²) in [5.41, 5.74) is 2.85. The second-order valence-corrected chi connectivity index (χ2v) is 9.49. The average molecular weight is 385 g/mol. The first-order chi connectivity index (χ1) is 12.4. The molecule has 0 saturated heterocycles. The molecule has 26 heavy (non-hydrogen) atoms. The quantitative estimate of drug-likeness (QED) is 0.630. The molecule has 0 aliphatic carbocycles. The van der Waals surface area contributed by atoms with Crippen molar-refractivity contribution in [3.8, 4) is 23.1 Å². The minimum absolute atomic E-state index is 0. The van der Waals surface area contributed by atoms with Gasteiger partial charge in [-0.3, -0.25) is 4.98 Å². The van der Waals surface area contributed by atoms with Crippen molar-refractivity contribution in [3.05, 3.63) is 64.2 Å². The van der Waals surface area contributed by atoms with Crippen LogP contribution in [-0.2, 0) is 9.84 Å². The molecule has 0 amide bonds. The van der Waals surface area contributed by atoms with E-state index >= 15 is 0 Å². The number of aryl methyl sites for hydroxylation is 1. The lowest BCUT2D eigenvalue weighted by molar-refractivity contribution is 0.587. The largest absolute Gasteiger partial charge is 0.256 e. The molecule has 2 aromatic heterocycles. The van der Waals surface area contributed by atoms with Crippen LogP contribution in [0.4, 0.5) is 0 Å². The SMILES string of the molecule is Cc1ncc(-c2ccc(S(=O)(=O)C(C)C)cc2)nc1C#Cc1cccs1.[HH]. The van der Waals surface area contributed by atoms with Gasteiger partial charge in [0.05, 0.1) is 32.6 Å². The smallest absolute Gasteiger partial charge is 0.180 e. The molecule has 6 heteroatoms. The summed E-state index contributed by atoms with van der Waals surface area (Å²) in [4.78, 5) is 10.2. The molecule has 3 aromatic rings. The monoisotopic (exact) mass is 384 g/mol. The molecule has 4 nitrogen and oxygen atoms in total. The van der Waals surface area contributed by atoms with Gasteiger partial charge in [0, 0.05) is 6.99 Å². The van der Waals surface area contributed by atoms with Crippen LogP contribution in [0.25, 0.3) is 11.3 Å². The summed E-state index contributed by atoms with van der Waals surface area (Å²) < 4.78 is 24.5. The fourth-order valence-corrected chi connectivity index (χ4v) is 3.90. The summed E-state index contributed by atoms with van der Waals surface area (Å²) in [5, 5.41) is 1.53. The molecule has 134 valence electrons. The maximum atomic E-state index is 12.2. The van der Waals surface area contributed by atoms with Crippen LogP contribution in [0, 0.1) is 18.8 Å². The van der Waals surface area contributed by atoms with E-state index in [2.05, 4.69) is 21.8 Å². The molecule has 0 unspecified atom stereocenters. The van der Waals surface area contributed by atoms with Crippen molar-refractivity contribution in [1.82, 2.24) is 9.97 Å². The van der Waals surface area contributed by atoms with Gasteiger partial charge in [0.15, 0.2) is 9.84 Å². The molecule has 0 atom stereocenters. The van der Waals surface area contributed by atoms with Crippen molar-refractivity contribution in [3.63, 3.8) is 0 Å². The van der Waals surface area contributed by atoms with Gasteiger partial charge in [0.2, 0.25) is 0 Å². The first-order valence-electron chi connectivity index (χ1n) is 8.11. The van der Waals surface area contributed by atoms with E-state index in [1.54, 1.807) is 55.6 Å². The van der Waals surface area contributed by atoms with Crippen LogP contribution in [0.5, 0.6) is 0 Å². The van der Waals surface area contributed by atoms with Gasteiger partial charge in [0.25, 0.3) is 0 Å². The lowest BCUT2D eigenvalue weighted by Gasteiger charge is -2.09. The Kier molecular flexibility index (Phi) is 5.21. The van der Waals surface area contributed by atoms with E-state index in [0.29, 0.717) is 16.3 Å². The summed E-state index contributed by atoms with van der Waals surface area (Å²) in [5.74, 6) is 6.16. The van der Waals surface area contributed by atoms with E-state index in [4.69, 9.17) is 0 Å². The summed E-state index contributed by atoms with van der Waals surface area (Å²) in [7, 11) is -3.28. The Bertz CT molecular complexity index is 1080. The molecule has 2 heterocycles. The molecule has 0 saturated carbocycles. The Balaban J connectivity index is 0.00000261. The molecule has 0 N–H and O–H groups in total. The van der Waals surface area contributed by atoms with Crippen molar-refractivity contribution in [2.24, 2.45) is 0 Å². The molecule has 0 radical (unpaired) electrons. The molecule has 0 bridgehead atoms. The average Bonchev–Trinajstić information content (AvgIpc) is 3.14. The maximum absolute atomic E-state index is 12.2. The predicted octanol–water partition coefficient (Wildman–Crippen LogP) is 4.34. The third kappa shape index (κ3) is 3.85. The van der Waals surface area contributed by atoms with Crippen LogP contribution in [-0.4, -0.2) is 23.6 Å². The second kappa shape index (κ2) is 7.40. The Morgan fingerprint density at radius 2 is 1.85 bits per heavy atom. The van der Waals surface area contributed by atoms with E-state index in [9.17, 15) is 8.42 Å². The number of nitrogens with zero attached hydrogens (tertiary/aromatic N) is 2. The summed E-state index contributed by atoms with van der Waals surface area (Å²) in [6, 6.07) is 10.6. The van der Waals surface area contributed by atoms with Gasteiger partial charge >= 0.3 is 0 Å². The van der Waals surface area contributed by atoms with Gasteiger partial charge in [-0.2, -0.15) is 0 Å². The highest BCUT2D eigenvalue weighted by atomic mass is 32.2. The van der Waals surface area contributed by atoms with Gasteiger partial charge in [-0.25, -0.2) is 13.4 Å².